The van der Waals surface area contributed by atoms with Gasteiger partial charge in [0.05, 0.1) is 28.6 Å². The van der Waals surface area contributed by atoms with Crippen molar-refractivity contribution in [1.82, 2.24) is 13.4 Å². The van der Waals surface area contributed by atoms with Crippen molar-refractivity contribution in [3.8, 4) is 11.6 Å². The first-order valence-corrected chi connectivity index (χ1v) is 10.2. The van der Waals surface area contributed by atoms with Crippen molar-refractivity contribution in [3.63, 3.8) is 0 Å². The molecule has 3 heterocycles. The Bertz CT molecular complexity index is 1120. The minimum Gasteiger partial charge on any atom is -0.493 e. The van der Waals surface area contributed by atoms with Crippen LogP contribution in [0.4, 0.5) is 13.2 Å². The topological polar surface area (TPSA) is 84.5 Å². The molecule has 1 N–H and O–H groups in total. The molecular formula is C17H18F3N3O4S. The molecule has 2 bridgehead atoms. The van der Waals surface area contributed by atoms with E-state index in [9.17, 15) is 31.5 Å². The molecule has 1 aromatic heterocycles. The van der Waals surface area contributed by atoms with Crippen molar-refractivity contribution in [1.29, 1.82) is 0 Å². The molecule has 28 heavy (non-hydrogen) atoms. The Kier molecular flexibility index (Phi) is 3.99. The minimum absolute atomic E-state index is 0.101. The standard InChI is InChI=1S/C17H18F3N3O4S/c1-9(2)28(26,27)21-8-12-7-13(21)14-15(24)23(16(25)22(12)14)11-5-3-4-10(6-11)17(18,19)20/h3-6,9,12-13,24H,7-8H2,1-2H3/t12?,13-/m1/s1. The number of benzene rings is 1. The van der Waals surface area contributed by atoms with E-state index < -0.39 is 50.7 Å². The van der Waals surface area contributed by atoms with Crippen LogP contribution in [-0.4, -0.2) is 38.8 Å². The first kappa shape index (κ1) is 19.1. The number of aromatic nitrogens is 2. The molecule has 1 saturated heterocycles. The highest BCUT2D eigenvalue weighted by Gasteiger charge is 2.52. The van der Waals surface area contributed by atoms with Crippen molar-refractivity contribution in [2.45, 2.75) is 43.8 Å². The number of sulfonamides is 1. The summed E-state index contributed by atoms with van der Waals surface area (Å²) in [5, 5.41) is 9.99. The largest absolute Gasteiger partial charge is 0.493 e. The third kappa shape index (κ3) is 2.52. The Balaban J connectivity index is 1.85. The van der Waals surface area contributed by atoms with Crippen LogP contribution in [-0.2, 0) is 16.2 Å². The van der Waals surface area contributed by atoms with Gasteiger partial charge < -0.3 is 5.11 Å². The Morgan fingerprint density at radius 1 is 1.25 bits per heavy atom. The molecule has 0 aliphatic carbocycles. The van der Waals surface area contributed by atoms with Crippen LogP contribution in [0, 0.1) is 0 Å². The Hall–Kier alpha value is -2.27. The molecule has 152 valence electrons. The fourth-order valence-corrected chi connectivity index (χ4v) is 5.47. The van der Waals surface area contributed by atoms with Crippen LogP contribution >= 0.6 is 0 Å². The van der Waals surface area contributed by atoms with Gasteiger partial charge in [0.1, 0.15) is 5.69 Å². The molecule has 4 rings (SSSR count). The second-order valence-corrected chi connectivity index (χ2v) is 9.76. The zero-order valence-electron chi connectivity index (χ0n) is 15.0. The van der Waals surface area contributed by atoms with Gasteiger partial charge in [-0.3, -0.25) is 4.57 Å². The molecule has 2 aliphatic heterocycles. The summed E-state index contributed by atoms with van der Waals surface area (Å²) < 4.78 is 67.6. The van der Waals surface area contributed by atoms with E-state index in [0.29, 0.717) is 6.42 Å². The van der Waals surface area contributed by atoms with Gasteiger partial charge in [0, 0.05) is 6.54 Å². The predicted octanol–water partition coefficient (Wildman–Crippen LogP) is 2.40. The Morgan fingerprint density at radius 3 is 2.54 bits per heavy atom. The average molecular weight is 417 g/mol. The van der Waals surface area contributed by atoms with Crippen LogP contribution in [0.3, 0.4) is 0 Å². The molecule has 0 spiro atoms. The fraction of sp³-hybridized carbons (Fsp3) is 0.471. The summed E-state index contributed by atoms with van der Waals surface area (Å²) in [7, 11) is -3.61. The number of fused-ring (bicyclic) bond motifs is 5. The van der Waals surface area contributed by atoms with Gasteiger partial charge in [-0.05, 0) is 38.5 Å². The molecule has 2 aromatic rings. The van der Waals surface area contributed by atoms with Gasteiger partial charge in [-0.25, -0.2) is 17.8 Å². The highest BCUT2D eigenvalue weighted by Crippen LogP contribution is 2.50. The number of imidazole rings is 1. The number of hydrogen-bond donors (Lipinski definition) is 1. The van der Waals surface area contributed by atoms with E-state index in [2.05, 4.69) is 0 Å². The fourth-order valence-electron chi connectivity index (χ4n) is 4.01. The third-order valence-corrected chi connectivity index (χ3v) is 7.62. The molecule has 1 unspecified atom stereocenters. The van der Waals surface area contributed by atoms with Gasteiger partial charge in [-0.15, -0.1) is 0 Å². The van der Waals surface area contributed by atoms with Crippen LogP contribution in [0.15, 0.2) is 29.1 Å². The molecule has 1 aromatic carbocycles. The molecular weight excluding hydrogens is 399 g/mol. The summed E-state index contributed by atoms with van der Waals surface area (Å²) in [5.74, 6) is -0.527. The van der Waals surface area contributed by atoms with Gasteiger partial charge in [-0.1, -0.05) is 6.07 Å². The van der Waals surface area contributed by atoms with E-state index in [1.165, 1.54) is 14.9 Å². The number of halogens is 3. The Morgan fingerprint density at radius 2 is 1.93 bits per heavy atom. The number of rotatable bonds is 3. The zero-order chi connectivity index (χ0) is 20.6. The van der Waals surface area contributed by atoms with Gasteiger partial charge >= 0.3 is 11.9 Å². The summed E-state index contributed by atoms with van der Waals surface area (Å²) in [6.45, 7) is 3.19. The number of hydrogen-bond acceptors (Lipinski definition) is 4. The van der Waals surface area contributed by atoms with Crippen LogP contribution in [0.1, 0.15) is 43.6 Å². The lowest BCUT2D eigenvalue weighted by molar-refractivity contribution is -0.137. The van der Waals surface area contributed by atoms with Crippen molar-refractivity contribution in [2.24, 2.45) is 0 Å². The highest BCUT2D eigenvalue weighted by molar-refractivity contribution is 7.89. The normalized spacial score (nSPS) is 22.2. The van der Waals surface area contributed by atoms with Crippen LogP contribution < -0.4 is 5.69 Å². The second kappa shape index (κ2) is 5.86. The van der Waals surface area contributed by atoms with Gasteiger partial charge in [0.25, 0.3) is 0 Å². The molecule has 7 nitrogen and oxygen atoms in total. The summed E-state index contributed by atoms with van der Waals surface area (Å²) in [5.41, 5.74) is -1.63. The summed E-state index contributed by atoms with van der Waals surface area (Å²) in [4.78, 5) is 12.8. The second-order valence-electron chi connectivity index (χ2n) is 7.31. The van der Waals surface area contributed by atoms with Crippen molar-refractivity contribution >= 4 is 10.0 Å². The SMILES string of the molecule is CC(C)S(=O)(=O)N1CC2C[C@@H]1c1c(O)n(-c3cccc(C(F)(F)F)c3)c(=O)n12. The molecule has 2 atom stereocenters. The van der Waals surface area contributed by atoms with E-state index in [1.807, 2.05) is 0 Å². The number of alkyl halides is 3. The summed E-state index contributed by atoms with van der Waals surface area (Å²) in [6, 6.07) is 2.92. The first-order valence-electron chi connectivity index (χ1n) is 8.69. The van der Waals surface area contributed by atoms with E-state index in [0.717, 1.165) is 22.8 Å². The van der Waals surface area contributed by atoms with Crippen LogP contribution in [0.5, 0.6) is 5.88 Å². The lowest BCUT2D eigenvalue weighted by Gasteiger charge is -2.28. The molecule has 0 radical (unpaired) electrons. The zero-order valence-corrected chi connectivity index (χ0v) is 15.8. The molecule has 0 saturated carbocycles. The van der Waals surface area contributed by atoms with Gasteiger partial charge in [0.2, 0.25) is 15.9 Å². The molecule has 0 amide bonds. The minimum atomic E-state index is -4.60. The molecule has 1 fully saturated rings. The lowest BCUT2D eigenvalue weighted by Crippen LogP contribution is -2.40. The number of nitrogens with zero attached hydrogens (tertiary/aromatic N) is 3. The average Bonchev–Trinajstić information content (AvgIpc) is 3.26. The maximum Gasteiger partial charge on any atom is 0.416 e. The van der Waals surface area contributed by atoms with Crippen molar-refractivity contribution < 1.29 is 26.7 Å². The van der Waals surface area contributed by atoms with E-state index in [1.54, 1.807) is 13.8 Å². The van der Waals surface area contributed by atoms with E-state index >= 15 is 0 Å². The maximum absolute atomic E-state index is 13.0. The van der Waals surface area contributed by atoms with Crippen LogP contribution in [0.2, 0.25) is 0 Å². The highest BCUT2D eigenvalue weighted by atomic mass is 32.2. The molecule has 11 heteroatoms. The maximum atomic E-state index is 13.0. The number of aromatic hydroxyl groups is 1. The van der Waals surface area contributed by atoms with Gasteiger partial charge in [-0.2, -0.15) is 17.5 Å². The Labute approximate surface area is 158 Å². The van der Waals surface area contributed by atoms with Crippen molar-refractivity contribution in [3.05, 3.63) is 46.0 Å². The molecule has 2 aliphatic rings. The lowest BCUT2D eigenvalue weighted by atomic mass is 10.2. The van der Waals surface area contributed by atoms with E-state index in [-0.39, 0.29) is 17.9 Å². The quantitative estimate of drug-likeness (QED) is 0.831. The first-order chi connectivity index (χ1) is 12.9. The summed E-state index contributed by atoms with van der Waals surface area (Å²) in [6.07, 6.45) is -4.24. The monoisotopic (exact) mass is 417 g/mol. The summed E-state index contributed by atoms with van der Waals surface area (Å²) >= 11 is 0. The van der Waals surface area contributed by atoms with Crippen molar-refractivity contribution in [2.75, 3.05) is 6.54 Å². The third-order valence-electron chi connectivity index (χ3n) is 5.37. The smallest absolute Gasteiger partial charge is 0.416 e. The predicted molar refractivity (Wildman–Crippen MR) is 93.9 cm³/mol. The van der Waals surface area contributed by atoms with Gasteiger partial charge in [0.15, 0.2) is 0 Å². The van der Waals surface area contributed by atoms with E-state index in [4.69, 9.17) is 0 Å². The van der Waals surface area contributed by atoms with Crippen LogP contribution in [0.25, 0.3) is 5.69 Å².